The maximum absolute atomic E-state index is 11.6. The van der Waals surface area contributed by atoms with Crippen molar-refractivity contribution in [2.75, 3.05) is 18.5 Å². The lowest BCUT2D eigenvalue weighted by atomic mass is 9.83. The summed E-state index contributed by atoms with van der Waals surface area (Å²) in [5.41, 5.74) is 5.33. The fraction of sp³-hybridized carbons (Fsp3) is 0.464. The summed E-state index contributed by atoms with van der Waals surface area (Å²) in [4.78, 5) is 16.4. The number of rotatable bonds is 9. The van der Waals surface area contributed by atoms with Gasteiger partial charge in [-0.1, -0.05) is 51.1 Å². The van der Waals surface area contributed by atoms with Crippen LogP contribution in [0, 0.1) is 0 Å². The van der Waals surface area contributed by atoms with Crippen LogP contribution in [0.5, 0.6) is 5.88 Å². The highest BCUT2D eigenvalue weighted by Gasteiger charge is 2.21. The van der Waals surface area contributed by atoms with Crippen LogP contribution in [-0.2, 0) is 36.5 Å². The van der Waals surface area contributed by atoms with E-state index in [1.807, 2.05) is 25.2 Å². The molecule has 0 bridgehead atoms. The molecule has 7 heteroatoms. The molecule has 0 aliphatic carbocycles. The Bertz CT molecular complexity index is 1180. The first-order valence-corrected chi connectivity index (χ1v) is 12.4. The first-order chi connectivity index (χ1) is 16.7. The average Bonchev–Trinajstić information content (AvgIpc) is 3.16. The molecule has 1 unspecified atom stereocenters. The first kappa shape index (κ1) is 24.8. The molecular formula is C28H36N4O3. The second kappa shape index (κ2) is 10.5. The summed E-state index contributed by atoms with van der Waals surface area (Å²) in [5, 5.41) is 17.5. The number of aryl methyl sites for hydroxylation is 2. The van der Waals surface area contributed by atoms with Crippen molar-refractivity contribution in [1.82, 2.24) is 14.8 Å². The molecule has 1 aliphatic rings. The van der Waals surface area contributed by atoms with Gasteiger partial charge in [-0.15, -0.1) is 0 Å². The number of carbonyl (C=O) groups is 1. The third kappa shape index (κ3) is 6.41. The second-order valence-corrected chi connectivity index (χ2v) is 10.4. The van der Waals surface area contributed by atoms with Crippen molar-refractivity contribution in [1.29, 1.82) is 0 Å². The third-order valence-electron chi connectivity index (χ3n) is 6.55. The van der Waals surface area contributed by atoms with Crippen molar-refractivity contribution in [2.24, 2.45) is 7.05 Å². The fourth-order valence-corrected chi connectivity index (χ4v) is 4.54. The van der Waals surface area contributed by atoms with Crippen LogP contribution >= 0.6 is 0 Å². The fourth-order valence-electron chi connectivity index (χ4n) is 4.54. The summed E-state index contributed by atoms with van der Waals surface area (Å²) in [6.07, 6.45) is 3.52. The van der Waals surface area contributed by atoms with Crippen LogP contribution < -0.4 is 10.1 Å². The Labute approximate surface area is 207 Å². The summed E-state index contributed by atoms with van der Waals surface area (Å²) in [6, 6.07) is 14.4. The number of anilines is 1. The van der Waals surface area contributed by atoms with E-state index in [0.29, 0.717) is 25.3 Å². The predicted molar refractivity (Wildman–Crippen MR) is 137 cm³/mol. The monoisotopic (exact) mass is 476 g/mol. The minimum absolute atomic E-state index is 0.00123. The maximum Gasteiger partial charge on any atom is 0.303 e. The molecule has 0 saturated carbocycles. The van der Waals surface area contributed by atoms with Gasteiger partial charge in [0.15, 0.2) is 0 Å². The topological polar surface area (TPSA) is 89.3 Å². The van der Waals surface area contributed by atoms with Gasteiger partial charge in [-0.2, -0.15) is 5.10 Å². The van der Waals surface area contributed by atoms with E-state index in [2.05, 4.69) is 55.5 Å². The highest BCUT2D eigenvalue weighted by molar-refractivity contribution is 5.68. The number of nitrogens with zero attached hydrogens (tertiary/aromatic N) is 3. The zero-order chi connectivity index (χ0) is 25.0. The molecule has 3 heterocycles. The van der Waals surface area contributed by atoms with Gasteiger partial charge in [-0.05, 0) is 53.4 Å². The molecule has 3 aromatic rings. The van der Waals surface area contributed by atoms with Crippen molar-refractivity contribution in [3.8, 4) is 5.88 Å². The standard InChI is InChI=1S/C28H36N4O3/c1-28(2,3)22-9-5-7-20(15-22)21(17-26(33)34)16-24-18-25(32(4)31-24)35-14-12-23-11-10-19-8-6-13-29-27(19)30-23/h5,7,9-11,15,18,21H,6,8,12-14,16-17H2,1-4H3,(H,29,30)(H,33,34). The highest BCUT2D eigenvalue weighted by Crippen LogP contribution is 2.30. The molecular weight excluding hydrogens is 440 g/mol. The van der Waals surface area contributed by atoms with E-state index in [4.69, 9.17) is 9.72 Å². The number of carboxylic acids is 1. The zero-order valence-electron chi connectivity index (χ0n) is 21.2. The summed E-state index contributed by atoms with van der Waals surface area (Å²) in [6.45, 7) is 7.96. The van der Waals surface area contributed by atoms with Gasteiger partial charge < -0.3 is 15.2 Å². The maximum atomic E-state index is 11.6. The number of hydrogen-bond acceptors (Lipinski definition) is 5. The van der Waals surface area contributed by atoms with E-state index in [9.17, 15) is 9.90 Å². The van der Waals surface area contributed by atoms with Gasteiger partial charge in [0.2, 0.25) is 5.88 Å². The number of aliphatic carboxylic acids is 1. The van der Waals surface area contributed by atoms with E-state index >= 15 is 0 Å². The Hall–Kier alpha value is -3.35. The van der Waals surface area contributed by atoms with Crippen molar-refractivity contribution in [2.45, 2.75) is 64.2 Å². The summed E-state index contributed by atoms with van der Waals surface area (Å²) in [5.74, 6) is 0.700. The van der Waals surface area contributed by atoms with Crippen molar-refractivity contribution >= 4 is 11.8 Å². The Morgan fingerprint density at radius 2 is 2.03 bits per heavy atom. The van der Waals surface area contributed by atoms with E-state index in [1.54, 1.807) is 4.68 Å². The normalized spacial score (nSPS) is 14.2. The molecule has 0 radical (unpaired) electrons. The first-order valence-electron chi connectivity index (χ1n) is 12.4. The molecule has 1 aliphatic heterocycles. The Morgan fingerprint density at radius 3 is 2.80 bits per heavy atom. The van der Waals surface area contributed by atoms with Crippen molar-refractivity contribution in [3.05, 3.63) is 70.5 Å². The number of benzene rings is 1. The molecule has 35 heavy (non-hydrogen) atoms. The summed E-state index contributed by atoms with van der Waals surface area (Å²) >= 11 is 0. The van der Waals surface area contributed by atoms with Crippen molar-refractivity contribution < 1.29 is 14.6 Å². The van der Waals surface area contributed by atoms with E-state index < -0.39 is 5.97 Å². The van der Waals surface area contributed by atoms with E-state index in [-0.39, 0.29) is 17.8 Å². The van der Waals surface area contributed by atoms with Gasteiger partial charge >= 0.3 is 5.97 Å². The van der Waals surface area contributed by atoms with Crippen LogP contribution in [-0.4, -0.2) is 39.0 Å². The van der Waals surface area contributed by atoms with E-state index in [0.717, 1.165) is 42.2 Å². The lowest BCUT2D eigenvalue weighted by Crippen LogP contribution is -2.14. The molecule has 186 valence electrons. The molecule has 1 atom stereocenters. The van der Waals surface area contributed by atoms with Gasteiger partial charge in [0.05, 0.1) is 18.7 Å². The highest BCUT2D eigenvalue weighted by atomic mass is 16.5. The van der Waals surface area contributed by atoms with Crippen LogP contribution in [0.3, 0.4) is 0 Å². The number of ether oxygens (including phenoxy) is 1. The van der Waals surface area contributed by atoms with E-state index in [1.165, 1.54) is 11.1 Å². The molecule has 2 aromatic heterocycles. The Kier molecular flexibility index (Phi) is 7.43. The second-order valence-electron chi connectivity index (χ2n) is 10.4. The minimum atomic E-state index is -0.810. The molecule has 0 saturated heterocycles. The quantitative estimate of drug-likeness (QED) is 0.457. The summed E-state index contributed by atoms with van der Waals surface area (Å²) < 4.78 is 7.74. The summed E-state index contributed by atoms with van der Waals surface area (Å²) in [7, 11) is 1.85. The van der Waals surface area contributed by atoms with Gasteiger partial charge in [0.1, 0.15) is 5.82 Å². The molecule has 7 nitrogen and oxygen atoms in total. The lowest BCUT2D eigenvalue weighted by Gasteiger charge is -2.22. The number of nitrogens with one attached hydrogen (secondary N) is 1. The third-order valence-corrected chi connectivity index (χ3v) is 6.55. The molecule has 0 fully saturated rings. The van der Waals surface area contributed by atoms with Crippen LogP contribution in [0.25, 0.3) is 0 Å². The molecule has 0 amide bonds. The number of fused-ring (bicyclic) bond motifs is 1. The van der Waals surface area contributed by atoms with Crippen LogP contribution in [0.15, 0.2) is 42.5 Å². The van der Waals surface area contributed by atoms with Crippen LogP contribution in [0.4, 0.5) is 5.82 Å². The Balaban J connectivity index is 1.42. The largest absolute Gasteiger partial charge is 0.481 e. The van der Waals surface area contributed by atoms with Gasteiger partial charge in [0.25, 0.3) is 0 Å². The Morgan fingerprint density at radius 1 is 1.20 bits per heavy atom. The molecule has 1 aromatic carbocycles. The van der Waals surface area contributed by atoms with Gasteiger partial charge in [0, 0.05) is 31.8 Å². The van der Waals surface area contributed by atoms with Gasteiger partial charge in [-0.3, -0.25) is 4.79 Å². The SMILES string of the molecule is Cn1nc(CC(CC(=O)O)c2cccc(C(C)(C)C)c2)cc1OCCc1ccc2c(n1)NCCC2. The molecule has 0 spiro atoms. The number of pyridine rings is 1. The molecule has 4 rings (SSSR count). The van der Waals surface area contributed by atoms with Crippen molar-refractivity contribution in [3.63, 3.8) is 0 Å². The smallest absolute Gasteiger partial charge is 0.303 e. The van der Waals surface area contributed by atoms with Crippen LogP contribution in [0.1, 0.15) is 67.6 Å². The molecule has 2 N–H and O–H groups in total. The number of carboxylic acid groups (broad SMARTS) is 1. The minimum Gasteiger partial charge on any atom is -0.481 e. The number of hydrogen-bond donors (Lipinski definition) is 2. The average molecular weight is 477 g/mol. The number of aromatic nitrogens is 3. The predicted octanol–water partition coefficient (Wildman–Crippen LogP) is 4.89. The zero-order valence-corrected chi connectivity index (χ0v) is 21.2. The van der Waals surface area contributed by atoms with Gasteiger partial charge in [-0.25, -0.2) is 9.67 Å². The van der Waals surface area contributed by atoms with Crippen LogP contribution in [0.2, 0.25) is 0 Å². The lowest BCUT2D eigenvalue weighted by molar-refractivity contribution is -0.137.